The molecular weight excluding hydrogens is 781 g/mol. The average molecular weight is 834 g/mol. The lowest BCUT2D eigenvalue weighted by molar-refractivity contribution is -0.152. The van der Waals surface area contributed by atoms with Crippen LogP contribution in [0.15, 0.2) is 36.5 Å². The van der Waals surface area contributed by atoms with E-state index in [0.717, 1.165) is 13.8 Å². The summed E-state index contributed by atoms with van der Waals surface area (Å²) < 4.78 is 79.3. The minimum absolute atomic E-state index is 0.0172. The van der Waals surface area contributed by atoms with E-state index < -0.39 is 86.2 Å². The smallest absolute Gasteiger partial charge is 0.408 e. The van der Waals surface area contributed by atoms with Crippen molar-refractivity contribution in [2.24, 2.45) is 17.8 Å². The predicted molar refractivity (Wildman–Crippen MR) is 208 cm³/mol. The molecule has 2 aliphatic heterocycles. The molecule has 318 valence electrons. The fourth-order valence-corrected chi connectivity index (χ4v) is 9.06. The zero-order valence-corrected chi connectivity index (χ0v) is 34.6. The molecule has 2 aromatic rings. The molecule has 1 aromatic carbocycles. The average Bonchev–Trinajstić information content (AvgIpc) is 4.07. The van der Waals surface area contributed by atoms with Gasteiger partial charge < -0.3 is 34.5 Å². The number of fused-ring (bicyclic) bond motifs is 3. The van der Waals surface area contributed by atoms with E-state index in [1.54, 1.807) is 25.1 Å². The second-order valence-corrected chi connectivity index (χ2v) is 18.7. The molecule has 18 heteroatoms. The highest BCUT2D eigenvalue weighted by Gasteiger charge is 2.62. The molecule has 0 radical (unpaired) electrons. The lowest BCUT2D eigenvalue weighted by Crippen LogP contribution is -2.59. The maximum Gasteiger partial charge on any atom is 0.408 e. The number of methoxy groups -OCH3 is 2. The van der Waals surface area contributed by atoms with Gasteiger partial charge in [0.2, 0.25) is 27.7 Å². The zero-order chi connectivity index (χ0) is 42.4. The normalized spacial score (nSPS) is 28.8. The van der Waals surface area contributed by atoms with Gasteiger partial charge in [-0.15, -0.1) is 0 Å². The Morgan fingerprint density at radius 3 is 2.38 bits per heavy atom. The number of amides is 4. The first-order chi connectivity index (χ1) is 27.2. The van der Waals surface area contributed by atoms with E-state index in [1.807, 2.05) is 19.1 Å². The molecule has 0 bridgehead atoms. The molecule has 3 heterocycles. The number of nitrogens with zero attached hydrogens (tertiary/aromatic N) is 2. The number of aromatic nitrogens is 1. The van der Waals surface area contributed by atoms with Crippen molar-refractivity contribution in [2.75, 3.05) is 20.8 Å². The number of allylic oxidation sites excluding steroid dienone is 1. The standard InChI is InChI=1S/C40H53F2N5O10S/c1-22-10-8-9-11-25-20-40(25,36(50)46-58(52,53)27-12-13-27)45-33(48)29-18-26(56-34-28-19-31(55-7)30(54-6)17-24(28)14-15-43-34)21-47(29)35(49)32(23(2)16-22)44-37(51)57-38(3,4)39(5,41)42/h9,11,14-15,17,19,22-23,25-27,29,32H,8,10,12-13,16,18,20-21H2,1-7H3,(H,44,51)(H,45,48)(H,46,50)/b11-9-/t22-,23-,25-,26-,29+,32+,40-/m1/s1. The molecule has 4 amide bonds. The number of alkyl carbamates (subject to hydrolysis) is 1. The van der Waals surface area contributed by atoms with Crippen molar-refractivity contribution in [1.82, 2.24) is 25.2 Å². The topological polar surface area (TPSA) is 192 Å². The number of hydrogen-bond donors (Lipinski definition) is 3. The summed E-state index contributed by atoms with van der Waals surface area (Å²) in [5, 5.41) is 5.94. The van der Waals surface area contributed by atoms with E-state index in [2.05, 4.69) is 20.3 Å². The fraction of sp³-hybridized carbons (Fsp3) is 0.625. The summed E-state index contributed by atoms with van der Waals surface area (Å²) in [6.07, 6.45) is 5.72. The van der Waals surface area contributed by atoms with Crippen LogP contribution in [-0.2, 0) is 29.1 Å². The number of pyridine rings is 1. The number of carbonyl (C=O) groups excluding carboxylic acids is 4. The third kappa shape index (κ3) is 8.95. The number of carbonyl (C=O) groups is 4. The number of ether oxygens (including phenoxy) is 4. The maximum atomic E-state index is 14.8. The first kappa shape index (κ1) is 42.9. The SMILES string of the molecule is COc1cc2ccnc(O[C@@H]3C[C@H]4C(=O)N[C@]5(C(=O)NS(=O)(=O)C6CC6)C[C@H]5/C=C\CC[C@@H](C)C[C@@H](C)[C@H](NC(=O)OC(C)(C)C(C)(F)F)C(=O)N4C3)c2cc1OC. The molecule has 6 rings (SSSR count). The third-order valence-electron chi connectivity index (χ3n) is 11.8. The van der Waals surface area contributed by atoms with Crippen LogP contribution in [0.4, 0.5) is 13.6 Å². The Bertz CT molecular complexity index is 2070. The quantitative estimate of drug-likeness (QED) is 0.283. The largest absolute Gasteiger partial charge is 0.493 e. The number of hydrogen-bond acceptors (Lipinski definition) is 11. The highest BCUT2D eigenvalue weighted by molar-refractivity contribution is 7.91. The Morgan fingerprint density at radius 2 is 1.72 bits per heavy atom. The summed E-state index contributed by atoms with van der Waals surface area (Å²) in [7, 11) is -0.973. The summed E-state index contributed by atoms with van der Waals surface area (Å²) >= 11 is 0. The van der Waals surface area contributed by atoms with Crippen LogP contribution >= 0.6 is 0 Å². The van der Waals surface area contributed by atoms with E-state index in [-0.39, 0.29) is 31.2 Å². The first-order valence-corrected chi connectivity index (χ1v) is 21.1. The van der Waals surface area contributed by atoms with Gasteiger partial charge in [0.15, 0.2) is 17.1 Å². The van der Waals surface area contributed by atoms with Crippen molar-refractivity contribution in [1.29, 1.82) is 0 Å². The minimum atomic E-state index is -3.96. The zero-order valence-electron chi connectivity index (χ0n) is 33.8. The molecule has 15 nitrogen and oxygen atoms in total. The Labute approximate surface area is 337 Å². The molecule has 0 spiro atoms. The lowest BCUT2D eigenvalue weighted by Gasteiger charge is -2.35. The molecule has 3 N–H and O–H groups in total. The molecule has 2 saturated carbocycles. The second kappa shape index (κ2) is 16.1. The van der Waals surface area contributed by atoms with Gasteiger partial charge in [-0.1, -0.05) is 26.0 Å². The lowest BCUT2D eigenvalue weighted by atomic mass is 9.88. The van der Waals surface area contributed by atoms with Gasteiger partial charge >= 0.3 is 6.09 Å². The monoisotopic (exact) mass is 833 g/mol. The Morgan fingerprint density at radius 1 is 1.03 bits per heavy atom. The van der Waals surface area contributed by atoms with Crippen molar-refractivity contribution in [3.63, 3.8) is 0 Å². The van der Waals surface area contributed by atoms with Crippen LogP contribution in [0.1, 0.15) is 79.6 Å². The van der Waals surface area contributed by atoms with E-state index >= 15 is 0 Å². The van der Waals surface area contributed by atoms with Crippen LogP contribution in [-0.4, -0.2) is 103 Å². The molecule has 4 aliphatic rings. The van der Waals surface area contributed by atoms with Crippen LogP contribution in [0.2, 0.25) is 0 Å². The second-order valence-electron chi connectivity index (χ2n) is 16.7. The summed E-state index contributed by atoms with van der Waals surface area (Å²) in [6, 6.07) is 2.59. The van der Waals surface area contributed by atoms with Gasteiger partial charge in [0.25, 0.3) is 11.8 Å². The molecule has 3 fully saturated rings. The van der Waals surface area contributed by atoms with E-state index in [4.69, 9.17) is 18.9 Å². The maximum absolute atomic E-state index is 14.8. The third-order valence-corrected chi connectivity index (χ3v) is 13.6. The molecular formula is C40H53F2N5O10S. The Hall–Kier alpha value is -4.74. The van der Waals surface area contributed by atoms with Crippen molar-refractivity contribution >= 4 is 44.6 Å². The minimum Gasteiger partial charge on any atom is -0.493 e. The van der Waals surface area contributed by atoms with E-state index in [1.165, 1.54) is 25.3 Å². The molecule has 1 saturated heterocycles. The van der Waals surface area contributed by atoms with Gasteiger partial charge in [-0.3, -0.25) is 19.1 Å². The van der Waals surface area contributed by atoms with Crippen LogP contribution in [0.3, 0.4) is 0 Å². The number of sulfonamides is 1. The molecule has 0 unspecified atom stereocenters. The van der Waals surface area contributed by atoms with Crippen LogP contribution < -0.4 is 29.6 Å². The number of alkyl halides is 2. The number of halogens is 2. The summed E-state index contributed by atoms with van der Waals surface area (Å²) in [5.74, 6) is -5.71. The van der Waals surface area contributed by atoms with Gasteiger partial charge in [0, 0.05) is 30.8 Å². The summed E-state index contributed by atoms with van der Waals surface area (Å²) in [4.78, 5) is 62.1. The molecule has 1 aromatic heterocycles. The summed E-state index contributed by atoms with van der Waals surface area (Å²) in [6.45, 7) is 6.31. The van der Waals surface area contributed by atoms with Crippen LogP contribution in [0.25, 0.3) is 10.8 Å². The highest BCUT2D eigenvalue weighted by atomic mass is 32.2. The van der Waals surface area contributed by atoms with E-state index in [9.17, 15) is 36.4 Å². The van der Waals surface area contributed by atoms with Gasteiger partial charge in [-0.25, -0.2) is 27.0 Å². The van der Waals surface area contributed by atoms with Crippen LogP contribution in [0, 0.1) is 17.8 Å². The number of benzene rings is 1. The predicted octanol–water partition coefficient (Wildman–Crippen LogP) is 4.62. The number of rotatable bonds is 10. The van der Waals surface area contributed by atoms with Gasteiger partial charge in [0.05, 0.1) is 26.0 Å². The van der Waals surface area contributed by atoms with Gasteiger partial charge in [-0.2, -0.15) is 0 Å². The highest BCUT2D eigenvalue weighted by Crippen LogP contribution is 2.46. The Balaban J connectivity index is 1.36. The molecule has 58 heavy (non-hydrogen) atoms. The van der Waals surface area contributed by atoms with E-state index in [0.29, 0.717) is 61.3 Å². The van der Waals surface area contributed by atoms with Crippen molar-refractivity contribution < 1.29 is 55.3 Å². The first-order valence-electron chi connectivity index (χ1n) is 19.6. The van der Waals surface area contributed by atoms with Gasteiger partial charge in [-0.05, 0) is 87.8 Å². The molecule has 7 atom stereocenters. The fourth-order valence-electron chi connectivity index (χ4n) is 7.70. The van der Waals surface area contributed by atoms with Crippen molar-refractivity contribution in [2.45, 2.75) is 120 Å². The van der Waals surface area contributed by atoms with Crippen molar-refractivity contribution in [3.8, 4) is 17.4 Å². The van der Waals surface area contributed by atoms with Crippen LogP contribution in [0.5, 0.6) is 17.4 Å². The summed E-state index contributed by atoms with van der Waals surface area (Å²) in [5.41, 5.74) is -3.83. The van der Waals surface area contributed by atoms with Gasteiger partial charge in [0.1, 0.15) is 23.7 Å². The molecule has 2 aliphatic carbocycles. The van der Waals surface area contributed by atoms with Crippen molar-refractivity contribution in [3.05, 3.63) is 36.5 Å². The number of nitrogens with one attached hydrogen (secondary N) is 3. The Kier molecular flexibility index (Phi) is 11.9.